The molecule has 85 valence electrons. The minimum Gasteiger partial charge on any atom is -0.481 e. The Labute approximate surface area is 92.1 Å². The first-order valence-electron chi connectivity index (χ1n) is 6.23. The van der Waals surface area contributed by atoms with E-state index in [0.717, 1.165) is 19.3 Å². The van der Waals surface area contributed by atoms with Gasteiger partial charge in [0.1, 0.15) is 0 Å². The van der Waals surface area contributed by atoms with E-state index in [1.54, 1.807) is 0 Å². The zero-order valence-electron chi connectivity index (χ0n) is 9.37. The smallest absolute Gasteiger partial charge is 0.309 e. The maximum absolute atomic E-state index is 11.5. The first-order valence-corrected chi connectivity index (χ1v) is 6.23. The molecule has 3 atom stereocenters. The van der Waals surface area contributed by atoms with Crippen LogP contribution in [-0.2, 0) is 4.79 Å². The number of fused-ring (bicyclic) bond motifs is 1. The molecule has 0 aromatic heterocycles. The zero-order valence-corrected chi connectivity index (χ0v) is 9.37. The van der Waals surface area contributed by atoms with Crippen LogP contribution in [0.5, 0.6) is 0 Å². The largest absolute Gasteiger partial charge is 0.481 e. The van der Waals surface area contributed by atoms with Gasteiger partial charge in [-0.15, -0.1) is 0 Å². The van der Waals surface area contributed by atoms with Gasteiger partial charge in [-0.3, -0.25) is 4.79 Å². The van der Waals surface area contributed by atoms with Crippen LogP contribution in [0.3, 0.4) is 0 Å². The highest BCUT2D eigenvalue weighted by atomic mass is 16.4. The highest BCUT2D eigenvalue weighted by molar-refractivity contribution is 5.75. The third-order valence-corrected chi connectivity index (χ3v) is 4.69. The van der Waals surface area contributed by atoms with Crippen LogP contribution >= 0.6 is 0 Å². The van der Waals surface area contributed by atoms with Crippen molar-refractivity contribution in [3.8, 4) is 0 Å². The number of carboxylic acids is 1. The number of rotatable bonds is 2. The highest BCUT2D eigenvalue weighted by Crippen LogP contribution is 2.52. The van der Waals surface area contributed by atoms with Crippen LogP contribution in [0.1, 0.15) is 51.4 Å². The van der Waals surface area contributed by atoms with Gasteiger partial charge in [0.2, 0.25) is 0 Å². The molecule has 0 aromatic rings. The number of hydrogen-bond acceptors (Lipinski definition) is 1. The van der Waals surface area contributed by atoms with Gasteiger partial charge in [0.15, 0.2) is 0 Å². The SMILES string of the molecule is [CH2]CC1(C(=O)O)CCCC2CCCCC21. The van der Waals surface area contributed by atoms with Crippen molar-refractivity contribution in [1.82, 2.24) is 0 Å². The van der Waals surface area contributed by atoms with Crippen LogP contribution in [-0.4, -0.2) is 11.1 Å². The second-order valence-corrected chi connectivity index (χ2v) is 5.25. The van der Waals surface area contributed by atoms with E-state index in [1.165, 1.54) is 25.7 Å². The zero-order chi connectivity index (χ0) is 10.9. The monoisotopic (exact) mass is 209 g/mol. The minimum atomic E-state index is -0.589. The lowest BCUT2D eigenvalue weighted by Gasteiger charge is -2.47. The van der Waals surface area contributed by atoms with Gasteiger partial charge < -0.3 is 5.11 Å². The average molecular weight is 209 g/mol. The van der Waals surface area contributed by atoms with Crippen molar-refractivity contribution in [2.24, 2.45) is 17.3 Å². The lowest BCUT2D eigenvalue weighted by Crippen LogP contribution is -2.46. The second-order valence-electron chi connectivity index (χ2n) is 5.25. The summed E-state index contributed by atoms with van der Waals surface area (Å²) in [4.78, 5) is 11.5. The van der Waals surface area contributed by atoms with Crippen LogP contribution in [0.25, 0.3) is 0 Å². The molecule has 2 nitrogen and oxygen atoms in total. The normalized spacial score (nSPS) is 40.9. The van der Waals surface area contributed by atoms with Gasteiger partial charge in [0, 0.05) is 0 Å². The van der Waals surface area contributed by atoms with E-state index >= 15 is 0 Å². The molecule has 2 rings (SSSR count). The molecule has 2 fully saturated rings. The molecule has 2 saturated carbocycles. The van der Waals surface area contributed by atoms with Crippen molar-refractivity contribution in [3.63, 3.8) is 0 Å². The molecular formula is C13H21O2. The molecule has 0 aliphatic heterocycles. The van der Waals surface area contributed by atoms with Crippen molar-refractivity contribution in [3.05, 3.63) is 6.92 Å². The van der Waals surface area contributed by atoms with Gasteiger partial charge >= 0.3 is 5.97 Å². The van der Waals surface area contributed by atoms with Crippen LogP contribution < -0.4 is 0 Å². The summed E-state index contributed by atoms with van der Waals surface area (Å²) in [5.41, 5.74) is -0.483. The maximum atomic E-state index is 11.5. The molecule has 0 amide bonds. The van der Waals surface area contributed by atoms with E-state index in [0.29, 0.717) is 18.3 Å². The van der Waals surface area contributed by atoms with Gasteiger partial charge in [0.05, 0.1) is 5.41 Å². The molecule has 2 heteroatoms. The molecule has 0 spiro atoms. The Morgan fingerprint density at radius 1 is 1.27 bits per heavy atom. The van der Waals surface area contributed by atoms with Crippen molar-refractivity contribution in [1.29, 1.82) is 0 Å². The lowest BCUT2D eigenvalue weighted by molar-refractivity contribution is -0.159. The minimum absolute atomic E-state index is 0.412. The van der Waals surface area contributed by atoms with E-state index in [-0.39, 0.29) is 0 Å². The molecule has 0 heterocycles. The second kappa shape index (κ2) is 4.15. The van der Waals surface area contributed by atoms with E-state index in [9.17, 15) is 9.90 Å². The summed E-state index contributed by atoms with van der Waals surface area (Å²) >= 11 is 0. The summed E-state index contributed by atoms with van der Waals surface area (Å²) in [7, 11) is 0. The molecular weight excluding hydrogens is 188 g/mol. The van der Waals surface area contributed by atoms with E-state index in [1.807, 2.05) is 0 Å². The Bertz CT molecular complexity index is 247. The first-order chi connectivity index (χ1) is 7.20. The van der Waals surface area contributed by atoms with E-state index < -0.39 is 11.4 Å². The standard InChI is InChI=1S/C13H21O2/c1-2-13(12(14)15)9-5-7-10-6-3-4-8-11(10)13/h10-11H,1-9H2,(H,14,15). The predicted molar refractivity (Wildman–Crippen MR) is 59.3 cm³/mol. The molecule has 2 aliphatic rings. The van der Waals surface area contributed by atoms with E-state index in [2.05, 4.69) is 6.92 Å². The summed E-state index contributed by atoms with van der Waals surface area (Å²) in [5, 5.41) is 9.49. The summed E-state index contributed by atoms with van der Waals surface area (Å²) in [6.07, 6.45) is 8.65. The molecule has 15 heavy (non-hydrogen) atoms. The number of hydrogen-bond donors (Lipinski definition) is 1. The fraction of sp³-hybridized carbons (Fsp3) is 0.846. The Morgan fingerprint density at radius 3 is 2.60 bits per heavy atom. The molecule has 0 bridgehead atoms. The maximum Gasteiger partial charge on any atom is 0.309 e. The van der Waals surface area contributed by atoms with Gasteiger partial charge in [-0.05, 0) is 31.1 Å². The van der Waals surface area contributed by atoms with Crippen LogP contribution in [0.4, 0.5) is 0 Å². The first kappa shape index (κ1) is 11.0. The van der Waals surface area contributed by atoms with Crippen molar-refractivity contribution < 1.29 is 9.90 Å². The Morgan fingerprint density at radius 2 is 1.93 bits per heavy atom. The van der Waals surface area contributed by atoms with Crippen molar-refractivity contribution >= 4 is 5.97 Å². The molecule has 0 saturated heterocycles. The quantitative estimate of drug-likeness (QED) is 0.757. The molecule has 1 radical (unpaired) electrons. The van der Waals surface area contributed by atoms with Crippen molar-refractivity contribution in [2.45, 2.75) is 51.4 Å². The summed E-state index contributed by atoms with van der Waals surface area (Å²) in [6, 6.07) is 0. The van der Waals surface area contributed by atoms with Gasteiger partial charge in [-0.1, -0.05) is 39.0 Å². The summed E-state index contributed by atoms with van der Waals surface area (Å²) < 4.78 is 0. The van der Waals surface area contributed by atoms with Gasteiger partial charge in [-0.25, -0.2) is 0 Å². The summed E-state index contributed by atoms with van der Waals surface area (Å²) in [5.74, 6) is 0.495. The predicted octanol–water partition coefficient (Wildman–Crippen LogP) is 3.27. The third kappa shape index (κ3) is 1.68. The third-order valence-electron chi connectivity index (χ3n) is 4.69. The molecule has 0 aromatic carbocycles. The van der Waals surface area contributed by atoms with Gasteiger partial charge in [-0.2, -0.15) is 0 Å². The van der Waals surface area contributed by atoms with Crippen LogP contribution in [0.2, 0.25) is 0 Å². The highest BCUT2D eigenvalue weighted by Gasteiger charge is 2.49. The Kier molecular flexibility index (Phi) is 3.03. The average Bonchev–Trinajstić information content (AvgIpc) is 2.28. The Balaban J connectivity index is 2.24. The van der Waals surface area contributed by atoms with E-state index in [4.69, 9.17) is 0 Å². The fourth-order valence-electron chi connectivity index (χ4n) is 3.83. The fourth-order valence-corrected chi connectivity index (χ4v) is 3.83. The number of carbonyl (C=O) groups is 1. The topological polar surface area (TPSA) is 37.3 Å². The van der Waals surface area contributed by atoms with Gasteiger partial charge in [0.25, 0.3) is 0 Å². The van der Waals surface area contributed by atoms with Crippen LogP contribution in [0, 0.1) is 24.2 Å². The lowest BCUT2D eigenvalue weighted by atomic mass is 9.56. The molecule has 1 N–H and O–H groups in total. The van der Waals surface area contributed by atoms with Crippen molar-refractivity contribution in [2.75, 3.05) is 0 Å². The number of carboxylic acid groups (broad SMARTS) is 1. The Hall–Kier alpha value is -0.530. The molecule has 2 aliphatic carbocycles. The summed E-state index contributed by atoms with van der Waals surface area (Å²) in [6.45, 7) is 3.91. The van der Waals surface area contributed by atoms with Crippen LogP contribution in [0.15, 0.2) is 0 Å². The number of aliphatic carboxylic acids is 1. The molecule has 3 unspecified atom stereocenters.